The molecule has 0 radical (unpaired) electrons. The van der Waals surface area contributed by atoms with Crippen molar-refractivity contribution in [3.05, 3.63) is 58.7 Å². The van der Waals surface area contributed by atoms with Gasteiger partial charge in [0, 0.05) is 24.6 Å². The highest BCUT2D eigenvalue weighted by Crippen LogP contribution is 2.32. The highest BCUT2D eigenvalue weighted by Gasteiger charge is 2.21. The number of anilines is 1. The van der Waals surface area contributed by atoms with Gasteiger partial charge in [0.15, 0.2) is 0 Å². The van der Waals surface area contributed by atoms with Crippen LogP contribution in [0.25, 0.3) is 0 Å². The molecule has 0 unspecified atom stereocenters. The van der Waals surface area contributed by atoms with Crippen LogP contribution in [0.5, 0.6) is 5.75 Å². The van der Waals surface area contributed by atoms with E-state index in [1.807, 2.05) is 25.1 Å². The number of ether oxygens (including phenoxy) is 1. The molecule has 3 nitrogen and oxygen atoms in total. The lowest BCUT2D eigenvalue weighted by atomic mass is 10.0. The summed E-state index contributed by atoms with van der Waals surface area (Å²) in [5.41, 5.74) is 2.83. The van der Waals surface area contributed by atoms with E-state index in [1.54, 1.807) is 26.1 Å². The van der Waals surface area contributed by atoms with E-state index < -0.39 is 6.43 Å². The molecule has 0 spiro atoms. The molecule has 0 heterocycles. The van der Waals surface area contributed by atoms with Gasteiger partial charge in [0.25, 0.3) is 6.43 Å². The van der Waals surface area contributed by atoms with E-state index in [-0.39, 0.29) is 18.1 Å². The first-order valence-corrected chi connectivity index (χ1v) is 8.77. The number of alkyl halides is 2. The van der Waals surface area contributed by atoms with Crippen LogP contribution in [0, 0.1) is 6.92 Å². The Morgan fingerprint density at radius 1 is 1.19 bits per heavy atom. The van der Waals surface area contributed by atoms with Crippen molar-refractivity contribution < 1.29 is 18.3 Å². The molecule has 2 aromatic carbocycles. The average molecular weight is 361 g/mol. The number of aryl methyl sites for hydroxylation is 2. The molecule has 0 bridgehead atoms. The maximum absolute atomic E-state index is 13.5. The smallest absolute Gasteiger partial charge is 0.264 e. The number of nitrogens with zero attached hydrogens (tertiary/aromatic N) is 1. The molecular weight excluding hydrogens is 336 g/mol. The van der Waals surface area contributed by atoms with Crippen LogP contribution in [-0.4, -0.2) is 13.0 Å². The zero-order valence-corrected chi connectivity index (χ0v) is 15.7. The maximum Gasteiger partial charge on any atom is 0.264 e. The van der Waals surface area contributed by atoms with Crippen molar-refractivity contribution in [2.24, 2.45) is 0 Å². The Labute approximate surface area is 153 Å². The fourth-order valence-electron chi connectivity index (χ4n) is 2.88. The van der Waals surface area contributed by atoms with Gasteiger partial charge in [-0.25, -0.2) is 8.78 Å². The van der Waals surface area contributed by atoms with Crippen LogP contribution in [0.4, 0.5) is 14.5 Å². The van der Waals surface area contributed by atoms with Crippen LogP contribution in [0.3, 0.4) is 0 Å². The third-order valence-corrected chi connectivity index (χ3v) is 4.48. The summed E-state index contributed by atoms with van der Waals surface area (Å²) >= 11 is 0. The quantitative estimate of drug-likeness (QED) is 0.656. The summed E-state index contributed by atoms with van der Waals surface area (Å²) in [7, 11) is 1.60. The fourth-order valence-corrected chi connectivity index (χ4v) is 2.88. The number of hydrogen-bond donors (Lipinski definition) is 0. The van der Waals surface area contributed by atoms with E-state index in [9.17, 15) is 13.6 Å². The normalized spacial score (nSPS) is 10.9. The molecule has 5 heteroatoms. The molecule has 0 aliphatic heterocycles. The molecule has 140 valence electrons. The highest BCUT2D eigenvalue weighted by atomic mass is 19.3. The lowest BCUT2D eigenvalue weighted by Crippen LogP contribution is -2.27. The molecule has 26 heavy (non-hydrogen) atoms. The lowest BCUT2D eigenvalue weighted by molar-refractivity contribution is -0.118. The van der Waals surface area contributed by atoms with Gasteiger partial charge < -0.3 is 9.64 Å². The standard InChI is InChI=1S/C21H25F2NO2/c1-5-15-10-11-19(14(3)12-15)26-13-17-16(21(22)23)8-7-9-18(17)24(4)20(25)6-2/h7-12,21H,5-6,13H2,1-4H3. The van der Waals surface area contributed by atoms with Crippen molar-refractivity contribution in [3.63, 3.8) is 0 Å². The van der Waals surface area contributed by atoms with Gasteiger partial charge in [-0.1, -0.05) is 38.1 Å². The van der Waals surface area contributed by atoms with E-state index in [2.05, 4.69) is 6.92 Å². The topological polar surface area (TPSA) is 29.5 Å². The van der Waals surface area contributed by atoms with Gasteiger partial charge in [-0.2, -0.15) is 0 Å². The molecule has 0 N–H and O–H groups in total. The third-order valence-electron chi connectivity index (χ3n) is 4.48. The van der Waals surface area contributed by atoms with Crippen LogP contribution in [0.1, 0.15) is 48.9 Å². The van der Waals surface area contributed by atoms with Gasteiger partial charge in [-0.05, 0) is 36.6 Å². The molecule has 0 aliphatic carbocycles. The predicted molar refractivity (Wildman–Crippen MR) is 100.0 cm³/mol. The molecule has 0 fully saturated rings. The zero-order valence-electron chi connectivity index (χ0n) is 15.7. The minimum Gasteiger partial charge on any atom is -0.489 e. The lowest BCUT2D eigenvalue weighted by Gasteiger charge is -2.23. The summed E-state index contributed by atoms with van der Waals surface area (Å²) in [5.74, 6) is 0.517. The Balaban J connectivity index is 2.36. The molecule has 0 aromatic heterocycles. The number of benzene rings is 2. The van der Waals surface area contributed by atoms with Gasteiger partial charge >= 0.3 is 0 Å². The summed E-state index contributed by atoms with van der Waals surface area (Å²) in [5, 5.41) is 0. The van der Waals surface area contributed by atoms with Crippen molar-refractivity contribution in [1.82, 2.24) is 0 Å². The second kappa shape index (κ2) is 8.79. The Hall–Kier alpha value is -2.43. The minimum absolute atomic E-state index is 0.0243. The summed E-state index contributed by atoms with van der Waals surface area (Å²) in [6.45, 7) is 5.72. The van der Waals surface area contributed by atoms with E-state index in [0.717, 1.165) is 12.0 Å². The van der Waals surface area contributed by atoms with Gasteiger partial charge in [0.05, 0.1) is 5.69 Å². The van der Waals surface area contributed by atoms with Crippen LogP contribution < -0.4 is 9.64 Å². The third kappa shape index (κ3) is 4.40. The SMILES string of the molecule is CCC(=O)N(C)c1cccc(C(F)F)c1COc1ccc(CC)cc1C. The van der Waals surface area contributed by atoms with E-state index >= 15 is 0 Å². The van der Waals surface area contributed by atoms with Crippen LogP contribution in [0.2, 0.25) is 0 Å². The van der Waals surface area contributed by atoms with Gasteiger partial charge in [0.2, 0.25) is 5.91 Å². The van der Waals surface area contributed by atoms with Crippen LogP contribution in [0.15, 0.2) is 36.4 Å². The summed E-state index contributed by atoms with van der Waals surface area (Å²) < 4.78 is 32.8. The van der Waals surface area contributed by atoms with Crippen molar-refractivity contribution >= 4 is 11.6 Å². The Kier molecular flexibility index (Phi) is 6.72. The van der Waals surface area contributed by atoms with Gasteiger partial charge in [-0.3, -0.25) is 4.79 Å². The Bertz CT molecular complexity index is 775. The van der Waals surface area contributed by atoms with Crippen LogP contribution >= 0.6 is 0 Å². The first kappa shape index (κ1) is 19.9. The van der Waals surface area contributed by atoms with E-state index in [0.29, 0.717) is 23.4 Å². The number of rotatable bonds is 7. The molecule has 0 aliphatic rings. The molecule has 0 atom stereocenters. The molecule has 0 saturated carbocycles. The van der Waals surface area contributed by atoms with Crippen molar-refractivity contribution in [2.45, 2.75) is 46.6 Å². The number of carbonyl (C=O) groups is 1. The van der Waals surface area contributed by atoms with Gasteiger partial charge in [-0.15, -0.1) is 0 Å². The van der Waals surface area contributed by atoms with Crippen molar-refractivity contribution in [3.8, 4) is 5.75 Å². The monoisotopic (exact) mass is 361 g/mol. The minimum atomic E-state index is -2.64. The number of amides is 1. The summed E-state index contributed by atoms with van der Waals surface area (Å²) in [6.07, 6.45) is -1.42. The number of halogens is 2. The maximum atomic E-state index is 13.5. The fraction of sp³-hybridized carbons (Fsp3) is 0.381. The second-order valence-corrected chi connectivity index (χ2v) is 6.19. The van der Waals surface area contributed by atoms with Crippen molar-refractivity contribution in [2.75, 3.05) is 11.9 Å². The van der Waals surface area contributed by atoms with Crippen molar-refractivity contribution in [1.29, 1.82) is 0 Å². The zero-order chi connectivity index (χ0) is 19.3. The molecular formula is C21H25F2NO2. The molecule has 2 aromatic rings. The largest absolute Gasteiger partial charge is 0.489 e. The second-order valence-electron chi connectivity index (χ2n) is 6.19. The number of carbonyl (C=O) groups excluding carboxylic acids is 1. The van der Waals surface area contributed by atoms with E-state index in [4.69, 9.17) is 4.74 Å². The summed E-state index contributed by atoms with van der Waals surface area (Å²) in [4.78, 5) is 13.5. The highest BCUT2D eigenvalue weighted by molar-refractivity contribution is 5.93. The predicted octanol–water partition coefficient (Wildman–Crippen LogP) is 5.45. The van der Waals surface area contributed by atoms with Crippen LogP contribution in [-0.2, 0) is 17.8 Å². The Morgan fingerprint density at radius 3 is 2.50 bits per heavy atom. The first-order valence-electron chi connectivity index (χ1n) is 8.77. The average Bonchev–Trinajstić information content (AvgIpc) is 2.65. The van der Waals surface area contributed by atoms with Gasteiger partial charge in [0.1, 0.15) is 12.4 Å². The van der Waals surface area contributed by atoms with E-state index in [1.165, 1.54) is 16.5 Å². The molecule has 2 rings (SSSR count). The first-order chi connectivity index (χ1) is 12.4. The molecule has 0 saturated heterocycles. The summed E-state index contributed by atoms with van der Waals surface area (Å²) in [6, 6.07) is 10.5. The molecule has 1 amide bonds. The number of hydrogen-bond acceptors (Lipinski definition) is 2. The Morgan fingerprint density at radius 2 is 1.92 bits per heavy atom.